The van der Waals surface area contributed by atoms with Gasteiger partial charge in [0.25, 0.3) is 5.91 Å². The molecule has 3 aromatic rings. The van der Waals surface area contributed by atoms with Crippen molar-refractivity contribution in [2.75, 3.05) is 6.26 Å². The number of hydrogen-bond acceptors (Lipinski definition) is 7. The van der Waals surface area contributed by atoms with Crippen LogP contribution < -0.4 is 21.7 Å². The standard InChI is InChI=1S/C18H18N6O5S3/c1-31(26,27)13-6-2-11(3-7-13)16-15(17(25)21-22-18(19)30)10-24(23-16)12-4-8-14(9-5-12)32(20,28)29/h2-10H,1H3,(H,21,25)(H3,19,22,30)(H2,20,28,29). The van der Waals surface area contributed by atoms with Gasteiger partial charge in [-0.05, 0) is 48.6 Å². The number of carbonyl (C=O) groups excluding carboxylic acids is 1. The van der Waals surface area contributed by atoms with Crippen LogP contribution in [0.4, 0.5) is 0 Å². The van der Waals surface area contributed by atoms with Crippen molar-refractivity contribution in [3.05, 3.63) is 60.3 Å². The summed E-state index contributed by atoms with van der Waals surface area (Å²) < 4.78 is 47.8. The number of rotatable bonds is 5. The zero-order valence-electron chi connectivity index (χ0n) is 16.5. The van der Waals surface area contributed by atoms with Crippen LogP contribution in [0.25, 0.3) is 16.9 Å². The Kier molecular flexibility index (Phi) is 6.32. The molecule has 0 bridgehead atoms. The number of carbonyl (C=O) groups is 1. The molecule has 0 aliphatic carbocycles. The highest BCUT2D eigenvalue weighted by Crippen LogP contribution is 2.25. The first-order valence-corrected chi connectivity index (χ1v) is 12.6. The van der Waals surface area contributed by atoms with Gasteiger partial charge in [0.2, 0.25) is 10.0 Å². The van der Waals surface area contributed by atoms with Gasteiger partial charge in [0.15, 0.2) is 14.9 Å². The Morgan fingerprint density at radius 1 is 0.969 bits per heavy atom. The van der Waals surface area contributed by atoms with Gasteiger partial charge >= 0.3 is 0 Å². The van der Waals surface area contributed by atoms with Crippen molar-refractivity contribution in [2.24, 2.45) is 10.9 Å². The molecule has 168 valence electrons. The SMILES string of the molecule is CS(=O)(=O)c1ccc(-c2nn(-c3ccc(S(N)(=O)=O)cc3)cc2C(=O)NNC(N)=S)cc1. The normalized spacial score (nSPS) is 11.7. The summed E-state index contributed by atoms with van der Waals surface area (Å²) >= 11 is 4.68. The van der Waals surface area contributed by atoms with Crippen LogP contribution in [0.3, 0.4) is 0 Å². The Labute approximate surface area is 189 Å². The van der Waals surface area contributed by atoms with Gasteiger partial charge < -0.3 is 5.73 Å². The molecule has 11 nitrogen and oxygen atoms in total. The number of amides is 1. The highest BCUT2D eigenvalue weighted by molar-refractivity contribution is 7.90. The molecule has 0 spiro atoms. The molecule has 1 amide bonds. The quantitative estimate of drug-likeness (QED) is 0.282. The average Bonchev–Trinajstić information content (AvgIpc) is 3.16. The molecule has 1 heterocycles. The number of thiocarbonyl (C=S) groups is 1. The van der Waals surface area contributed by atoms with E-state index >= 15 is 0 Å². The lowest BCUT2D eigenvalue weighted by molar-refractivity contribution is 0.0944. The van der Waals surface area contributed by atoms with Crippen molar-refractivity contribution in [3.63, 3.8) is 0 Å². The lowest BCUT2D eigenvalue weighted by Crippen LogP contribution is -2.44. The van der Waals surface area contributed by atoms with Crippen molar-refractivity contribution >= 4 is 43.1 Å². The maximum Gasteiger partial charge on any atom is 0.273 e. The number of sulfonamides is 1. The van der Waals surface area contributed by atoms with Crippen LogP contribution in [0, 0.1) is 0 Å². The predicted octanol–water partition coefficient (Wildman–Crippen LogP) is 0.0682. The molecular weight excluding hydrogens is 476 g/mol. The summed E-state index contributed by atoms with van der Waals surface area (Å²) in [6.45, 7) is 0. The third-order valence-corrected chi connectivity index (χ3v) is 6.40. The van der Waals surface area contributed by atoms with Crippen LogP contribution in [0.2, 0.25) is 0 Å². The van der Waals surface area contributed by atoms with Gasteiger partial charge in [0, 0.05) is 18.0 Å². The minimum absolute atomic E-state index is 0.0800. The van der Waals surface area contributed by atoms with E-state index in [-0.39, 0.29) is 26.2 Å². The Balaban J connectivity index is 2.07. The van der Waals surface area contributed by atoms with Crippen LogP contribution in [-0.4, -0.2) is 43.9 Å². The van der Waals surface area contributed by atoms with Gasteiger partial charge in [-0.3, -0.25) is 15.6 Å². The fourth-order valence-electron chi connectivity index (χ4n) is 2.72. The smallest absolute Gasteiger partial charge is 0.273 e. The molecular formula is C18H18N6O5S3. The van der Waals surface area contributed by atoms with E-state index in [1.807, 2.05) is 0 Å². The molecule has 0 aliphatic rings. The minimum Gasteiger partial charge on any atom is -0.375 e. The molecule has 0 radical (unpaired) electrons. The van der Waals surface area contributed by atoms with Crippen molar-refractivity contribution in [3.8, 4) is 16.9 Å². The molecule has 0 saturated heterocycles. The van der Waals surface area contributed by atoms with E-state index in [0.29, 0.717) is 11.3 Å². The highest BCUT2D eigenvalue weighted by Gasteiger charge is 2.20. The minimum atomic E-state index is -3.87. The van der Waals surface area contributed by atoms with Crippen molar-refractivity contribution in [1.29, 1.82) is 0 Å². The topological polar surface area (TPSA) is 179 Å². The second kappa shape index (κ2) is 8.66. The first-order chi connectivity index (χ1) is 14.9. The first-order valence-electron chi connectivity index (χ1n) is 8.75. The predicted molar refractivity (Wildman–Crippen MR) is 121 cm³/mol. The number of hydrogen-bond donors (Lipinski definition) is 4. The van der Waals surface area contributed by atoms with Crippen molar-refractivity contribution < 1.29 is 21.6 Å². The van der Waals surface area contributed by atoms with Gasteiger partial charge in [-0.2, -0.15) is 5.10 Å². The molecule has 0 saturated carbocycles. The van der Waals surface area contributed by atoms with Crippen LogP contribution in [0.15, 0.2) is 64.5 Å². The first kappa shape index (κ1) is 23.3. The monoisotopic (exact) mass is 494 g/mol. The molecule has 0 fully saturated rings. The Morgan fingerprint density at radius 3 is 2.03 bits per heavy atom. The molecule has 2 aromatic carbocycles. The van der Waals surface area contributed by atoms with Gasteiger partial charge in [-0.25, -0.2) is 26.7 Å². The van der Waals surface area contributed by atoms with Crippen molar-refractivity contribution in [1.82, 2.24) is 20.6 Å². The third kappa shape index (κ3) is 5.28. The lowest BCUT2D eigenvalue weighted by Gasteiger charge is -2.06. The van der Waals surface area contributed by atoms with Crippen LogP contribution >= 0.6 is 12.2 Å². The Morgan fingerprint density at radius 2 is 1.53 bits per heavy atom. The maximum absolute atomic E-state index is 12.7. The van der Waals surface area contributed by atoms with Crippen LogP contribution in [0.5, 0.6) is 0 Å². The molecule has 0 atom stereocenters. The summed E-state index contributed by atoms with van der Waals surface area (Å²) in [5.74, 6) is -0.604. The number of sulfone groups is 1. The van der Waals surface area contributed by atoms with Crippen LogP contribution in [0.1, 0.15) is 10.4 Å². The molecule has 0 aliphatic heterocycles. The summed E-state index contributed by atoms with van der Waals surface area (Å²) in [6.07, 6.45) is 2.50. The largest absolute Gasteiger partial charge is 0.375 e. The summed E-state index contributed by atoms with van der Waals surface area (Å²) in [4.78, 5) is 12.7. The molecule has 32 heavy (non-hydrogen) atoms. The fourth-order valence-corrected chi connectivity index (χ4v) is 3.92. The van der Waals surface area contributed by atoms with E-state index in [2.05, 4.69) is 28.2 Å². The van der Waals surface area contributed by atoms with Crippen LogP contribution in [-0.2, 0) is 19.9 Å². The molecule has 1 aromatic heterocycles. The van der Waals surface area contributed by atoms with E-state index in [4.69, 9.17) is 10.9 Å². The summed E-state index contributed by atoms with van der Waals surface area (Å²) in [7, 11) is -7.27. The van der Waals surface area contributed by atoms with Gasteiger partial charge in [0.05, 0.1) is 21.0 Å². The van der Waals surface area contributed by atoms with E-state index in [1.54, 1.807) is 0 Å². The molecule has 0 unspecified atom stereocenters. The Bertz CT molecular complexity index is 1400. The second-order valence-corrected chi connectivity index (χ2v) is 10.6. The van der Waals surface area contributed by atoms with Crippen molar-refractivity contribution in [2.45, 2.75) is 9.79 Å². The van der Waals surface area contributed by atoms with E-state index in [1.165, 1.54) is 59.4 Å². The number of hydrazine groups is 1. The zero-order valence-corrected chi connectivity index (χ0v) is 19.0. The molecule has 14 heteroatoms. The number of benzene rings is 2. The number of primary sulfonamides is 1. The van der Waals surface area contributed by atoms with Gasteiger partial charge in [-0.1, -0.05) is 12.1 Å². The lowest BCUT2D eigenvalue weighted by atomic mass is 10.1. The number of nitrogens with one attached hydrogen (secondary N) is 2. The zero-order chi connectivity index (χ0) is 23.7. The molecule has 6 N–H and O–H groups in total. The average molecular weight is 495 g/mol. The second-order valence-electron chi connectivity index (χ2n) is 6.61. The number of aromatic nitrogens is 2. The highest BCUT2D eigenvalue weighted by atomic mass is 32.2. The van der Waals surface area contributed by atoms with E-state index in [9.17, 15) is 21.6 Å². The molecule has 3 rings (SSSR count). The summed E-state index contributed by atoms with van der Waals surface area (Å²) in [5, 5.41) is 9.38. The number of nitrogens with two attached hydrogens (primary N) is 2. The van der Waals surface area contributed by atoms with E-state index < -0.39 is 25.8 Å². The Hall–Kier alpha value is -3.33. The maximum atomic E-state index is 12.7. The summed E-state index contributed by atoms with van der Waals surface area (Å²) in [6, 6.07) is 11.4. The summed E-state index contributed by atoms with van der Waals surface area (Å²) in [5.41, 5.74) is 11.3. The third-order valence-electron chi connectivity index (χ3n) is 4.24. The fraction of sp³-hybridized carbons (Fsp3) is 0.0556. The van der Waals surface area contributed by atoms with E-state index in [0.717, 1.165) is 6.26 Å². The van der Waals surface area contributed by atoms with Gasteiger partial charge in [0.1, 0.15) is 5.69 Å². The van der Waals surface area contributed by atoms with Gasteiger partial charge in [-0.15, -0.1) is 0 Å². The number of nitrogens with zero attached hydrogens (tertiary/aromatic N) is 2.